The van der Waals surface area contributed by atoms with Gasteiger partial charge in [0.1, 0.15) is 11.2 Å². The normalized spacial score (nSPS) is 33.2. The highest BCUT2D eigenvalue weighted by Gasteiger charge is 2.80. The van der Waals surface area contributed by atoms with Crippen LogP contribution in [0.25, 0.3) is 10.9 Å². The van der Waals surface area contributed by atoms with Gasteiger partial charge in [0.2, 0.25) is 5.60 Å². The van der Waals surface area contributed by atoms with Crippen molar-refractivity contribution in [1.82, 2.24) is 14.8 Å². The fourth-order valence-electron chi connectivity index (χ4n) is 14.5. The van der Waals surface area contributed by atoms with Gasteiger partial charge in [-0.3, -0.25) is 19.4 Å². The van der Waals surface area contributed by atoms with Crippen molar-refractivity contribution >= 4 is 45.9 Å². The number of aliphatic hydroxyl groups is 2. The van der Waals surface area contributed by atoms with Crippen LogP contribution >= 0.6 is 0 Å². The number of alkyl halides is 3. The van der Waals surface area contributed by atoms with Crippen molar-refractivity contribution in [2.75, 3.05) is 71.3 Å². The van der Waals surface area contributed by atoms with Gasteiger partial charge >= 0.3 is 24.1 Å². The highest BCUT2D eigenvalue weighted by Crippen LogP contribution is 2.68. The van der Waals surface area contributed by atoms with Crippen molar-refractivity contribution < 1.29 is 56.7 Å². The molecule has 5 aliphatic heterocycles. The third-order valence-corrected chi connectivity index (χ3v) is 17.2. The lowest BCUT2D eigenvalue weighted by Crippen LogP contribution is -2.81. The van der Waals surface area contributed by atoms with Gasteiger partial charge in [-0.05, 0) is 111 Å². The molecule has 1 aliphatic carbocycles. The summed E-state index contributed by atoms with van der Waals surface area (Å²) in [6.07, 6.45) is 0.696. The second kappa shape index (κ2) is 16.7. The van der Waals surface area contributed by atoms with E-state index in [1.54, 1.807) is 7.11 Å². The van der Waals surface area contributed by atoms with Crippen molar-refractivity contribution in [2.45, 2.75) is 106 Å². The molecule has 3 fully saturated rings. The van der Waals surface area contributed by atoms with Crippen LogP contribution in [-0.2, 0) is 52.0 Å². The van der Waals surface area contributed by atoms with Gasteiger partial charge in [0.05, 0.1) is 38.5 Å². The molecule has 374 valence electrons. The minimum Gasteiger partial charge on any atom is -0.496 e. The van der Waals surface area contributed by atoms with Crippen LogP contribution in [0, 0.1) is 11.3 Å². The molecule has 14 nitrogen and oxygen atoms in total. The lowest BCUT2D eigenvalue weighted by Gasteiger charge is -2.63. The number of benzene rings is 3. The number of hydrogen-bond acceptors (Lipinski definition) is 13. The molecule has 10 rings (SSSR count). The quantitative estimate of drug-likeness (QED) is 0.0792. The zero-order valence-corrected chi connectivity index (χ0v) is 40.7. The van der Waals surface area contributed by atoms with Gasteiger partial charge in [0, 0.05) is 102 Å². The molecule has 10 atom stereocenters. The number of fused-ring (bicyclic) bond motifs is 6. The average Bonchev–Trinajstić information content (AvgIpc) is 4.00. The molecule has 6 heterocycles. The minimum atomic E-state index is -4.48. The topological polar surface area (TPSA) is 166 Å². The second-order valence-corrected chi connectivity index (χ2v) is 20.6. The number of piperidine rings is 1. The van der Waals surface area contributed by atoms with Gasteiger partial charge in [-0.2, -0.15) is 13.2 Å². The molecule has 2 bridgehead atoms. The predicted molar refractivity (Wildman–Crippen MR) is 255 cm³/mol. The number of H-pyrrole nitrogens is 1. The number of aromatic amines is 1. The first-order chi connectivity index (χ1) is 33.3. The Morgan fingerprint density at radius 1 is 0.900 bits per heavy atom. The number of methoxy groups -OCH3 is 3. The summed E-state index contributed by atoms with van der Waals surface area (Å²) in [5.74, 6) is -1.99. The van der Waals surface area contributed by atoms with Crippen LogP contribution in [0.5, 0.6) is 5.75 Å². The van der Waals surface area contributed by atoms with E-state index in [2.05, 4.69) is 20.1 Å². The summed E-state index contributed by atoms with van der Waals surface area (Å²) < 4.78 is 64.5. The Bertz CT molecular complexity index is 2800. The van der Waals surface area contributed by atoms with E-state index >= 15 is 4.79 Å². The van der Waals surface area contributed by atoms with Crippen LogP contribution in [0.2, 0.25) is 0 Å². The third-order valence-electron chi connectivity index (χ3n) is 17.2. The Kier molecular flexibility index (Phi) is 11.5. The van der Waals surface area contributed by atoms with Crippen molar-refractivity contribution in [3.63, 3.8) is 0 Å². The number of nitrogens with one attached hydrogen (secondary N) is 2. The number of anilines is 3. The highest BCUT2D eigenvalue weighted by molar-refractivity contribution is 5.96. The number of rotatable bonds is 9. The molecule has 1 saturated carbocycles. The summed E-state index contributed by atoms with van der Waals surface area (Å²) in [6.45, 7) is 8.01. The average molecular weight is 970 g/mol. The van der Waals surface area contributed by atoms with E-state index in [1.165, 1.54) is 33.3 Å². The zero-order valence-electron chi connectivity index (χ0n) is 40.7. The molecule has 70 heavy (non-hydrogen) atoms. The van der Waals surface area contributed by atoms with E-state index in [0.717, 1.165) is 34.2 Å². The molecular formula is C53H62F3N5O9. The monoisotopic (exact) mass is 969 g/mol. The van der Waals surface area contributed by atoms with Gasteiger partial charge < -0.3 is 44.4 Å². The lowest BCUT2D eigenvalue weighted by molar-refractivity contribution is -0.228. The van der Waals surface area contributed by atoms with Gasteiger partial charge in [0.15, 0.2) is 6.10 Å². The molecule has 3 aromatic carbocycles. The Morgan fingerprint density at radius 2 is 1.63 bits per heavy atom. The first-order valence-electron chi connectivity index (χ1n) is 24.3. The van der Waals surface area contributed by atoms with E-state index in [0.29, 0.717) is 98.9 Å². The van der Waals surface area contributed by atoms with Crippen LogP contribution in [-0.4, -0.2) is 133 Å². The third kappa shape index (κ3) is 6.77. The van der Waals surface area contributed by atoms with Crippen molar-refractivity contribution in [3.05, 3.63) is 94.7 Å². The van der Waals surface area contributed by atoms with Crippen molar-refractivity contribution in [1.29, 1.82) is 0 Å². The number of carbonyl (C=O) groups excluding carboxylic acids is 3. The molecule has 4 aromatic rings. The molecule has 2 saturated heterocycles. The van der Waals surface area contributed by atoms with Crippen LogP contribution in [0.3, 0.4) is 0 Å². The number of nitrogens with zero attached hydrogens (tertiary/aromatic N) is 3. The lowest BCUT2D eigenvalue weighted by atomic mass is 9.47. The molecule has 17 heteroatoms. The summed E-state index contributed by atoms with van der Waals surface area (Å²) in [5.41, 5.74) is -2.65. The summed E-state index contributed by atoms with van der Waals surface area (Å²) in [5, 5.41) is 29.7. The molecule has 1 spiro atoms. The van der Waals surface area contributed by atoms with E-state index in [4.69, 9.17) is 18.9 Å². The van der Waals surface area contributed by atoms with E-state index in [9.17, 15) is 33.0 Å². The van der Waals surface area contributed by atoms with E-state index < -0.39 is 69.2 Å². The van der Waals surface area contributed by atoms with Crippen molar-refractivity contribution in [2.24, 2.45) is 11.3 Å². The fraction of sp³-hybridized carbons (Fsp3) is 0.528. The predicted octanol–water partition coefficient (Wildman–Crippen LogP) is 6.75. The highest BCUT2D eigenvalue weighted by atomic mass is 19.4. The molecule has 1 aromatic heterocycles. The summed E-state index contributed by atoms with van der Waals surface area (Å²) in [7, 11) is 5.95. The zero-order chi connectivity index (χ0) is 49.9. The van der Waals surface area contributed by atoms with Gasteiger partial charge in [-0.15, -0.1) is 0 Å². The second-order valence-electron chi connectivity index (χ2n) is 20.6. The van der Waals surface area contributed by atoms with Gasteiger partial charge in [0.25, 0.3) is 0 Å². The smallest absolute Gasteiger partial charge is 0.416 e. The number of esters is 3. The van der Waals surface area contributed by atoms with Crippen LogP contribution in [0.4, 0.5) is 30.2 Å². The summed E-state index contributed by atoms with van der Waals surface area (Å²) in [6, 6.07) is 13.0. The molecule has 4 N–H and O–H groups in total. The van der Waals surface area contributed by atoms with E-state index in [1.807, 2.05) is 68.3 Å². The molecule has 2 unspecified atom stereocenters. The van der Waals surface area contributed by atoms with Crippen LogP contribution in [0.1, 0.15) is 80.8 Å². The number of aromatic nitrogens is 1. The number of ether oxygens (including phenoxy) is 4. The first-order valence-corrected chi connectivity index (χ1v) is 24.3. The Morgan fingerprint density at radius 3 is 2.29 bits per heavy atom. The van der Waals surface area contributed by atoms with Crippen molar-refractivity contribution in [3.8, 4) is 5.75 Å². The molecule has 6 aliphatic rings. The summed E-state index contributed by atoms with van der Waals surface area (Å²) >= 11 is 0. The Labute approximate surface area is 405 Å². The van der Waals surface area contributed by atoms with Crippen LogP contribution in [0.15, 0.2) is 66.7 Å². The SMILES string of the molecule is CC[C@]1(O)C[C@H]2CN(CCc3c([nH]c4ccc(Nc5ccc(C(F)(F)F)cc5)cc34)[C@@](C(=O)OC)(c3cc4c(cc3OC)N(C)C3[C@]45CCN4CC=C[C@@](CC)([C@@H](OC(C)=O)[C@]3(O)C(=O)OC)[C@H]45)C2)C1. The number of hydrogen-bond donors (Lipinski definition) is 4. The fourth-order valence-corrected chi connectivity index (χ4v) is 14.5. The van der Waals surface area contributed by atoms with E-state index in [-0.39, 0.29) is 18.4 Å². The number of halogens is 3. The summed E-state index contributed by atoms with van der Waals surface area (Å²) in [4.78, 5) is 53.5. The molecular weight excluding hydrogens is 908 g/mol. The molecule has 0 radical (unpaired) electrons. The minimum absolute atomic E-state index is 0.203. The van der Waals surface area contributed by atoms with Crippen LogP contribution < -0.4 is 15.0 Å². The maximum atomic E-state index is 15.6. The molecule has 0 amide bonds. The van der Waals surface area contributed by atoms with Gasteiger partial charge in [-0.25, -0.2) is 4.79 Å². The number of carbonyl (C=O) groups is 3. The number of likely N-dealkylation sites (N-methyl/N-ethyl adjacent to an activating group) is 1. The maximum absolute atomic E-state index is 15.6. The largest absolute Gasteiger partial charge is 0.496 e. The first kappa shape index (κ1) is 48.0. The van der Waals surface area contributed by atoms with Gasteiger partial charge in [-0.1, -0.05) is 26.0 Å². The standard InChI is InChI=1S/C53H62F3N5O9/c1-8-48(65)26-31-27-51(46(63)68-6,42-35(17-21-60(28-31)29-48)36-23-34(15-16-39(36)58-42)57-33-13-11-32(12-14-33)53(54,55)56)38-24-37-40(25-41(38)67-5)59(4)44-50(37)19-22-61-20-10-18-49(9-2,43(50)61)45(70-30(3)62)52(44,66)47(64)69-7/h10-16,18,23-25,31,43-45,57-58,65-66H,8-9,17,19-22,26-29H2,1-7H3/t31-,43+,44?,45-,48+,49-,50-,51+,52+/m1/s1. The Hall–Kier alpha value is -5.62. The Balaban J connectivity index is 1.23. The maximum Gasteiger partial charge on any atom is 0.416 e.